The summed E-state index contributed by atoms with van der Waals surface area (Å²) in [6, 6.07) is 20.3. The summed E-state index contributed by atoms with van der Waals surface area (Å²) >= 11 is 0. The van der Waals surface area contributed by atoms with Crippen LogP contribution in [-0.4, -0.2) is 24.7 Å². The van der Waals surface area contributed by atoms with E-state index in [9.17, 15) is 8.42 Å². The number of nitrogens with zero attached hydrogens (tertiary/aromatic N) is 2. The van der Waals surface area contributed by atoms with Gasteiger partial charge in [-0.15, -0.1) is 0 Å². The fourth-order valence-electron chi connectivity index (χ4n) is 3.15. The van der Waals surface area contributed by atoms with Crippen molar-refractivity contribution in [2.75, 3.05) is 6.54 Å². The number of rotatable bonds is 7. The Bertz CT molecular complexity index is 912. The van der Waals surface area contributed by atoms with Crippen molar-refractivity contribution in [2.24, 2.45) is 7.05 Å². The van der Waals surface area contributed by atoms with Crippen LogP contribution in [0.4, 0.5) is 0 Å². The number of aromatic nitrogens is 2. The lowest BCUT2D eigenvalue weighted by molar-refractivity contribution is 0.574. The number of sulfonamides is 1. The van der Waals surface area contributed by atoms with E-state index in [1.165, 1.54) is 22.0 Å². The first-order valence-corrected chi connectivity index (χ1v) is 10.1. The zero-order chi connectivity index (χ0) is 18.6. The van der Waals surface area contributed by atoms with E-state index in [0.29, 0.717) is 18.7 Å². The van der Waals surface area contributed by atoms with Crippen molar-refractivity contribution >= 4 is 10.0 Å². The number of hydrogen-bond acceptors (Lipinski definition) is 3. The lowest BCUT2D eigenvalue weighted by Crippen LogP contribution is -2.26. The van der Waals surface area contributed by atoms with Gasteiger partial charge in [-0.05, 0) is 24.5 Å². The highest BCUT2D eigenvalue weighted by Crippen LogP contribution is 2.27. The van der Waals surface area contributed by atoms with Crippen molar-refractivity contribution in [3.05, 3.63) is 83.7 Å². The summed E-state index contributed by atoms with van der Waals surface area (Å²) in [4.78, 5) is 0.232. The molecule has 5 nitrogen and oxygen atoms in total. The van der Waals surface area contributed by atoms with Crippen molar-refractivity contribution in [2.45, 2.75) is 24.2 Å². The second kappa shape index (κ2) is 7.85. The minimum atomic E-state index is -3.56. The summed E-state index contributed by atoms with van der Waals surface area (Å²) in [5.74, 6) is 0.134. The highest BCUT2D eigenvalue weighted by Gasteiger charge is 2.21. The van der Waals surface area contributed by atoms with Crippen molar-refractivity contribution in [3.8, 4) is 0 Å². The molecule has 3 rings (SSSR count). The van der Waals surface area contributed by atoms with E-state index >= 15 is 0 Å². The zero-order valence-corrected chi connectivity index (χ0v) is 15.8. The van der Waals surface area contributed by atoms with E-state index in [1.54, 1.807) is 14.0 Å². The SMILES string of the molecule is Cc1nn(C)cc1S(=O)(=O)NCCC(c1ccccc1)c1ccccc1. The van der Waals surface area contributed by atoms with Crippen molar-refractivity contribution in [3.63, 3.8) is 0 Å². The molecule has 1 heterocycles. The Hall–Kier alpha value is -2.44. The summed E-state index contributed by atoms with van der Waals surface area (Å²) in [5, 5.41) is 4.11. The molecular weight excluding hydrogens is 346 g/mol. The third kappa shape index (κ3) is 4.20. The molecule has 1 aromatic heterocycles. The molecule has 136 valence electrons. The van der Waals surface area contributed by atoms with E-state index < -0.39 is 10.0 Å². The smallest absolute Gasteiger partial charge is 0.243 e. The van der Waals surface area contributed by atoms with Gasteiger partial charge in [0, 0.05) is 25.7 Å². The topological polar surface area (TPSA) is 64.0 Å². The van der Waals surface area contributed by atoms with Crippen LogP contribution in [0.1, 0.15) is 29.2 Å². The third-order valence-corrected chi connectivity index (χ3v) is 5.95. The molecule has 0 unspecified atom stereocenters. The van der Waals surface area contributed by atoms with E-state index in [4.69, 9.17) is 0 Å². The Morgan fingerprint density at radius 2 is 1.54 bits per heavy atom. The highest BCUT2D eigenvalue weighted by atomic mass is 32.2. The molecule has 0 radical (unpaired) electrons. The van der Waals surface area contributed by atoms with Gasteiger partial charge < -0.3 is 0 Å². The number of hydrogen-bond donors (Lipinski definition) is 1. The molecule has 0 bridgehead atoms. The van der Waals surface area contributed by atoms with Gasteiger partial charge in [0.2, 0.25) is 10.0 Å². The minimum absolute atomic E-state index is 0.134. The van der Waals surface area contributed by atoms with Crippen LogP contribution in [0.5, 0.6) is 0 Å². The first-order chi connectivity index (χ1) is 12.5. The number of aryl methyl sites for hydroxylation is 2. The van der Waals surface area contributed by atoms with Crippen LogP contribution >= 0.6 is 0 Å². The van der Waals surface area contributed by atoms with Crippen molar-refractivity contribution in [1.82, 2.24) is 14.5 Å². The monoisotopic (exact) mass is 369 g/mol. The van der Waals surface area contributed by atoms with Crippen LogP contribution in [0.2, 0.25) is 0 Å². The van der Waals surface area contributed by atoms with Gasteiger partial charge in [-0.3, -0.25) is 4.68 Å². The van der Waals surface area contributed by atoms with Gasteiger partial charge in [-0.1, -0.05) is 60.7 Å². The van der Waals surface area contributed by atoms with Gasteiger partial charge in [0.05, 0.1) is 5.69 Å². The molecule has 0 amide bonds. The fraction of sp³-hybridized carbons (Fsp3) is 0.250. The molecule has 0 fully saturated rings. The van der Waals surface area contributed by atoms with E-state index in [2.05, 4.69) is 34.1 Å². The standard InChI is InChI=1S/C20H23N3O2S/c1-16-20(15-23(2)22-16)26(24,25)21-14-13-19(17-9-5-3-6-10-17)18-11-7-4-8-12-18/h3-12,15,19,21H,13-14H2,1-2H3. The largest absolute Gasteiger partial charge is 0.274 e. The molecule has 26 heavy (non-hydrogen) atoms. The average molecular weight is 369 g/mol. The molecule has 0 spiro atoms. The normalized spacial score (nSPS) is 11.8. The van der Waals surface area contributed by atoms with Crippen LogP contribution in [0, 0.1) is 6.92 Å². The van der Waals surface area contributed by atoms with Crippen LogP contribution in [0.3, 0.4) is 0 Å². The zero-order valence-electron chi connectivity index (χ0n) is 15.0. The van der Waals surface area contributed by atoms with Crippen LogP contribution in [-0.2, 0) is 17.1 Å². The second-order valence-corrected chi connectivity index (χ2v) is 8.05. The molecule has 0 saturated heterocycles. The summed E-state index contributed by atoms with van der Waals surface area (Å²) in [6.45, 7) is 2.05. The molecule has 6 heteroatoms. The summed E-state index contributed by atoms with van der Waals surface area (Å²) < 4.78 is 29.3. The van der Waals surface area contributed by atoms with E-state index in [1.807, 2.05) is 36.4 Å². The molecule has 2 aromatic carbocycles. The van der Waals surface area contributed by atoms with E-state index in [-0.39, 0.29) is 10.8 Å². The van der Waals surface area contributed by atoms with Crippen LogP contribution in [0.15, 0.2) is 71.8 Å². The summed E-state index contributed by atoms with van der Waals surface area (Å²) in [5.41, 5.74) is 2.86. The Morgan fingerprint density at radius 3 is 2.00 bits per heavy atom. The molecule has 3 aromatic rings. The predicted molar refractivity (Wildman–Crippen MR) is 102 cm³/mol. The quantitative estimate of drug-likeness (QED) is 0.695. The second-order valence-electron chi connectivity index (χ2n) is 6.31. The summed E-state index contributed by atoms with van der Waals surface area (Å²) in [6.07, 6.45) is 2.20. The molecule has 0 aliphatic rings. The number of nitrogens with one attached hydrogen (secondary N) is 1. The Morgan fingerprint density at radius 1 is 1.00 bits per heavy atom. The van der Waals surface area contributed by atoms with Crippen LogP contribution in [0.25, 0.3) is 0 Å². The molecule has 0 aliphatic heterocycles. The van der Waals surface area contributed by atoms with Gasteiger partial charge in [-0.25, -0.2) is 13.1 Å². The lowest BCUT2D eigenvalue weighted by Gasteiger charge is -2.18. The van der Waals surface area contributed by atoms with E-state index in [0.717, 1.165) is 0 Å². The predicted octanol–water partition coefficient (Wildman–Crippen LogP) is 3.23. The molecule has 0 saturated carbocycles. The molecule has 0 aliphatic carbocycles. The van der Waals surface area contributed by atoms with Crippen LogP contribution < -0.4 is 4.72 Å². The van der Waals surface area contributed by atoms with Crippen molar-refractivity contribution < 1.29 is 8.42 Å². The maximum Gasteiger partial charge on any atom is 0.243 e. The summed E-state index contributed by atoms with van der Waals surface area (Å²) in [7, 11) is -1.85. The Kier molecular flexibility index (Phi) is 5.54. The Labute approximate surface area is 154 Å². The van der Waals surface area contributed by atoms with Crippen molar-refractivity contribution in [1.29, 1.82) is 0 Å². The minimum Gasteiger partial charge on any atom is -0.274 e. The number of benzene rings is 2. The van der Waals surface area contributed by atoms with Gasteiger partial charge in [-0.2, -0.15) is 5.10 Å². The van der Waals surface area contributed by atoms with Gasteiger partial charge >= 0.3 is 0 Å². The maximum atomic E-state index is 12.6. The van der Waals surface area contributed by atoms with Gasteiger partial charge in [0.15, 0.2) is 0 Å². The first kappa shape index (κ1) is 18.4. The first-order valence-electron chi connectivity index (χ1n) is 8.57. The lowest BCUT2D eigenvalue weighted by atomic mass is 9.89. The molecule has 0 atom stereocenters. The third-order valence-electron chi connectivity index (χ3n) is 4.39. The molecular formula is C20H23N3O2S. The Balaban J connectivity index is 1.76. The maximum absolute atomic E-state index is 12.6. The fourth-order valence-corrected chi connectivity index (χ4v) is 4.42. The van der Waals surface area contributed by atoms with Gasteiger partial charge in [0.1, 0.15) is 4.90 Å². The van der Waals surface area contributed by atoms with Gasteiger partial charge in [0.25, 0.3) is 0 Å². The highest BCUT2D eigenvalue weighted by molar-refractivity contribution is 7.89. The molecule has 1 N–H and O–H groups in total. The average Bonchev–Trinajstić information content (AvgIpc) is 2.99.